The topological polar surface area (TPSA) is 70.8 Å². The molecule has 3 N–H and O–H groups in total. The van der Waals surface area contributed by atoms with Gasteiger partial charge >= 0.3 is 0 Å². The zero-order valence-electron chi connectivity index (χ0n) is 13.7. The first-order chi connectivity index (χ1) is 11.2. The summed E-state index contributed by atoms with van der Waals surface area (Å²) in [5.74, 6) is 0.0577. The van der Waals surface area contributed by atoms with Gasteiger partial charge in [0.1, 0.15) is 0 Å². The van der Waals surface area contributed by atoms with Gasteiger partial charge in [-0.15, -0.1) is 0 Å². The van der Waals surface area contributed by atoms with Crippen LogP contribution >= 0.6 is 0 Å². The minimum atomic E-state index is -0.123. The van der Waals surface area contributed by atoms with Gasteiger partial charge in [0.05, 0.1) is 19.3 Å². The maximum absolute atomic E-state index is 12.0. The highest BCUT2D eigenvalue weighted by molar-refractivity contribution is 5.81. The maximum Gasteiger partial charge on any atom is 0.237 e. The van der Waals surface area contributed by atoms with E-state index in [4.69, 9.17) is 10.5 Å². The average Bonchev–Trinajstić information content (AvgIpc) is 2.95. The fourth-order valence-corrected chi connectivity index (χ4v) is 3.46. The summed E-state index contributed by atoms with van der Waals surface area (Å²) in [7, 11) is 1.68. The van der Waals surface area contributed by atoms with Crippen LogP contribution in [-0.4, -0.2) is 62.8 Å². The monoisotopic (exact) mass is 318 g/mol. The van der Waals surface area contributed by atoms with Crippen LogP contribution < -0.4 is 16.0 Å². The molecule has 1 aromatic rings. The SMILES string of the molecule is CNC(=O)[C@@H]1C[C@@H](N)CN1Cc1cccc(N2CCOCC2)c1. The van der Waals surface area contributed by atoms with Gasteiger partial charge < -0.3 is 20.7 Å². The van der Waals surface area contributed by atoms with Crippen molar-refractivity contribution in [2.75, 3.05) is 44.8 Å². The van der Waals surface area contributed by atoms with Crippen molar-refractivity contribution in [2.24, 2.45) is 5.73 Å². The molecule has 2 atom stereocenters. The van der Waals surface area contributed by atoms with E-state index in [-0.39, 0.29) is 18.0 Å². The molecular formula is C17H26N4O2. The smallest absolute Gasteiger partial charge is 0.237 e. The fourth-order valence-electron chi connectivity index (χ4n) is 3.46. The average molecular weight is 318 g/mol. The summed E-state index contributed by atoms with van der Waals surface area (Å²) in [6.07, 6.45) is 0.725. The molecule has 3 rings (SSSR count). The Kier molecular flexibility index (Phi) is 5.15. The minimum absolute atomic E-state index is 0.0577. The van der Waals surface area contributed by atoms with E-state index >= 15 is 0 Å². The van der Waals surface area contributed by atoms with Crippen molar-refractivity contribution in [3.05, 3.63) is 29.8 Å². The Hall–Kier alpha value is -1.63. The molecule has 1 amide bonds. The second kappa shape index (κ2) is 7.29. The van der Waals surface area contributed by atoms with E-state index in [0.717, 1.165) is 45.8 Å². The van der Waals surface area contributed by atoms with Crippen LogP contribution in [0, 0.1) is 0 Å². The molecule has 0 aromatic heterocycles. The van der Waals surface area contributed by atoms with Crippen molar-refractivity contribution in [3.63, 3.8) is 0 Å². The van der Waals surface area contributed by atoms with Crippen molar-refractivity contribution in [1.82, 2.24) is 10.2 Å². The number of likely N-dealkylation sites (N-methyl/N-ethyl adjacent to an activating group) is 1. The van der Waals surface area contributed by atoms with E-state index < -0.39 is 0 Å². The normalized spacial score (nSPS) is 25.6. The first-order valence-corrected chi connectivity index (χ1v) is 8.30. The van der Waals surface area contributed by atoms with Crippen molar-refractivity contribution >= 4 is 11.6 Å². The summed E-state index contributed by atoms with van der Waals surface area (Å²) in [5, 5.41) is 2.75. The minimum Gasteiger partial charge on any atom is -0.378 e. The fraction of sp³-hybridized carbons (Fsp3) is 0.588. The lowest BCUT2D eigenvalue weighted by Crippen LogP contribution is -2.41. The molecule has 2 aliphatic rings. The van der Waals surface area contributed by atoms with Gasteiger partial charge in [0.25, 0.3) is 0 Å². The number of carbonyl (C=O) groups is 1. The molecule has 0 unspecified atom stereocenters. The third kappa shape index (κ3) is 3.83. The Labute approximate surface area is 137 Å². The largest absolute Gasteiger partial charge is 0.378 e. The lowest BCUT2D eigenvalue weighted by molar-refractivity contribution is -0.125. The summed E-state index contributed by atoms with van der Waals surface area (Å²) < 4.78 is 5.42. The predicted molar refractivity (Wildman–Crippen MR) is 90.3 cm³/mol. The summed E-state index contributed by atoms with van der Waals surface area (Å²) >= 11 is 0. The number of rotatable bonds is 4. The molecule has 0 radical (unpaired) electrons. The van der Waals surface area contributed by atoms with Gasteiger partial charge in [-0.25, -0.2) is 0 Å². The summed E-state index contributed by atoms with van der Waals surface area (Å²) in [6.45, 7) is 4.94. The Bertz CT molecular complexity index is 545. The van der Waals surface area contributed by atoms with E-state index in [0.29, 0.717) is 0 Å². The molecule has 2 heterocycles. The summed E-state index contributed by atoms with van der Waals surface area (Å²) in [4.78, 5) is 16.6. The number of nitrogens with one attached hydrogen (secondary N) is 1. The first-order valence-electron chi connectivity index (χ1n) is 8.30. The van der Waals surface area contributed by atoms with Gasteiger partial charge in [-0.05, 0) is 24.1 Å². The molecule has 2 saturated heterocycles. The van der Waals surface area contributed by atoms with Crippen LogP contribution in [0.1, 0.15) is 12.0 Å². The van der Waals surface area contributed by atoms with Crippen molar-refractivity contribution in [3.8, 4) is 0 Å². The third-order valence-corrected chi connectivity index (χ3v) is 4.66. The van der Waals surface area contributed by atoms with Gasteiger partial charge in [0.2, 0.25) is 5.91 Å². The highest BCUT2D eigenvalue weighted by Gasteiger charge is 2.34. The van der Waals surface area contributed by atoms with Crippen LogP contribution in [0.4, 0.5) is 5.69 Å². The molecule has 0 spiro atoms. The van der Waals surface area contributed by atoms with E-state index in [1.165, 1.54) is 11.3 Å². The van der Waals surface area contributed by atoms with Crippen LogP contribution in [0.2, 0.25) is 0 Å². The lowest BCUT2D eigenvalue weighted by atomic mass is 10.1. The number of amides is 1. The number of anilines is 1. The molecule has 23 heavy (non-hydrogen) atoms. The van der Waals surface area contributed by atoms with Gasteiger partial charge in [0.15, 0.2) is 0 Å². The van der Waals surface area contributed by atoms with E-state index in [1.807, 2.05) is 0 Å². The molecule has 0 saturated carbocycles. The summed E-state index contributed by atoms with van der Waals surface area (Å²) in [5.41, 5.74) is 8.51. The predicted octanol–water partition coefficient (Wildman–Crippen LogP) is 0.171. The number of nitrogens with zero attached hydrogens (tertiary/aromatic N) is 2. The molecule has 1 aromatic carbocycles. The number of hydrogen-bond acceptors (Lipinski definition) is 5. The number of morpholine rings is 1. The number of ether oxygens (including phenoxy) is 1. The van der Waals surface area contributed by atoms with Gasteiger partial charge in [0, 0.05) is 45.0 Å². The zero-order valence-corrected chi connectivity index (χ0v) is 13.7. The second-order valence-electron chi connectivity index (χ2n) is 6.32. The molecule has 2 fully saturated rings. The third-order valence-electron chi connectivity index (χ3n) is 4.66. The maximum atomic E-state index is 12.0. The highest BCUT2D eigenvalue weighted by Crippen LogP contribution is 2.23. The Morgan fingerprint density at radius 1 is 1.39 bits per heavy atom. The first kappa shape index (κ1) is 16.2. The molecule has 0 aliphatic carbocycles. The molecule has 6 heteroatoms. The number of hydrogen-bond donors (Lipinski definition) is 2. The standard InChI is InChI=1S/C17H26N4O2/c1-19-17(22)16-10-14(18)12-21(16)11-13-3-2-4-15(9-13)20-5-7-23-8-6-20/h2-4,9,14,16H,5-8,10-12,18H2,1H3,(H,19,22)/t14-,16+/m1/s1. The van der Waals surface area contributed by atoms with E-state index in [2.05, 4.69) is 39.4 Å². The van der Waals surface area contributed by atoms with Crippen LogP contribution in [0.15, 0.2) is 24.3 Å². The van der Waals surface area contributed by atoms with Crippen molar-refractivity contribution < 1.29 is 9.53 Å². The van der Waals surface area contributed by atoms with Gasteiger partial charge in [-0.3, -0.25) is 9.69 Å². The highest BCUT2D eigenvalue weighted by atomic mass is 16.5. The Balaban J connectivity index is 1.70. The number of benzene rings is 1. The van der Waals surface area contributed by atoms with Crippen LogP contribution in [-0.2, 0) is 16.1 Å². The second-order valence-corrected chi connectivity index (χ2v) is 6.32. The van der Waals surface area contributed by atoms with Crippen LogP contribution in [0.25, 0.3) is 0 Å². The molecular weight excluding hydrogens is 292 g/mol. The number of likely N-dealkylation sites (tertiary alicyclic amines) is 1. The van der Waals surface area contributed by atoms with E-state index in [1.54, 1.807) is 7.05 Å². The lowest BCUT2D eigenvalue weighted by Gasteiger charge is -2.29. The van der Waals surface area contributed by atoms with E-state index in [9.17, 15) is 4.79 Å². The molecule has 0 bridgehead atoms. The van der Waals surface area contributed by atoms with Gasteiger partial charge in [-0.2, -0.15) is 0 Å². The van der Waals surface area contributed by atoms with Crippen molar-refractivity contribution in [1.29, 1.82) is 0 Å². The molecule has 6 nitrogen and oxygen atoms in total. The molecule has 2 aliphatic heterocycles. The number of carbonyl (C=O) groups excluding carboxylic acids is 1. The van der Waals surface area contributed by atoms with Gasteiger partial charge in [-0.1, -0.05) is 12.1 Å². The van der Waals surface area contributed by atoms with Crippen LogP contribution in [0.3, 0.4) is 0 Å². The van der Waals surface area contributed by atoms with Crippen molar-refractivity contribution in [2.45, 2.75) is 25.0 Å². The van der Waals surface area contributed by atoms with Crippen LogP contribution in [0.5, 0.6) is 0 Å². The quantitative estimate of drug-likeness (QED) is 0.828. The zero-order chi connectivity index (χ0) is 16.2. The Morgan fingerprint density at radius 2 is 2.17 bits per heavy atom. The summed E-state index contributed by atoms with van der Waals surface area (Å²) in [6, 6.07) is 8.51. The molecule has 126 valence electrons. The Morgan fingerprint density at radius 3 is 2.91 bits per heavy atom. The number of nitrogens with two attached hydrogens (primary N) is 1.